The average Bonchev–Trinajstić information content (AvgIpc) is 2.39. The minimum atomic E-state index is -0.156. The smallest absolute Gasteiger partial charge is 0.242 e. The molecule has 5 heteroatoms. The Morgan fingerprint density at radius 2 is 2.06 bits per heavy atom. The molecule has 98 valence electrons. The highest BCUT2D eigenvalue weighted by molar-refractivity contribution is 5.82. The largest absolute Gasteiger partial charge is 0.375 e. The molecule has 2 fully saturated rings. The van der Waals surface area contributed by atoms with Gasteiger partial charge >= 0.3 is 0 Å². The molecule has 1 amide bonds. The van der Waals surface area contributed by atoms with E-state index in [0.717, 1.165) is 39.3 Å². The molecule has 2 rings (SSSR count). The number of piperazine rings is 1. The molecule has 2 aliphatic rings. The van der Waals surface area contributed by atoms with Gasteiger partial charge in [-0.25, -0.2) is 0 Å². The molecular formula is C12H23N3O2. The quantitative estimate of drug-likeness (QED) is 0.710. The number of amides is 1. The van der Waals surface area contributed by atoms with Crippen LogP contribution in [0.3, 0.4) is 0 Å². The van der Waals surface area contributed by atoms with Crippen molar-refractivity contribution in [3.05, 3.63) is 0 Å². The number of carbonyl (C=O) groups is 1. The first-order chi connectivity index (χ1) is 8.22. The minimum Gasteiger partial charge on any atom is -0.375 e. The molecule has 2 saturated heterocycles. The Morgan fingerprint density at radius 1 is 1.35 bits per heavy atom. The summed E-state index contributed by atoms with van der Waals surface area (Å²) in [5, 5.41) is 3.26. The predicted molar refractivity (Wildman–Crippen MR) is 65.9 cm³/mol. The predicted octanol–water partition coefficient (Wildman–Crippen LogP) is -0.473. The number of nitrogens with one attached hydrogen (secondary N) is 1. The monoisotopic (exact) mass is 241 g/mol. The van der Waals surface area contributed by atoms with Crippen molar-refractivity contribution in [1.29, 1.82) is 0 Å². The summed E-state index contributed by atoms with van der Waals surface area (Å²) >= 11 is 0. The van der Waals surface area contributed by atoms with E-state index < -0.39 is 0 Å². The molecule has 0 aromatic carbocycles. The maximum Gasteiger partial charge on any atom is 0.242 e. The summed E-state index contributed by atoms with van der Waals surface area (Å²) in [7, 11) is 0. The summed E-state index contributed by atoms with van der Waals surface area (Å²) < 4.78 is 5.52. The Kier molecular flexibility index (Phi) is 4.36. The zero-order valence-electron chi connectivity index (χ0n) is 10.8. The second-order valence-corrected chi connectivity index (χ2v) is 4.77. The van der Waals surface area contributed by atoms with Crippen LogP contribution in [0, 0.1) is 0 Å². The molecule has 0 aromatic rings. The summed E-state index contributed by atoms with van der Waals surface area (Å²) in [5.74, 6) is 0.202. The van der Waals surface area contributed by atoms with Gasteiger partial charge in [0, 0.05) is 32.7 Å². The molecule has 0 aromatic heterocycles. The third kappa shape index (κ3) is 2.97. The Morgan fingerprint density at radius 3 is 2.65 bits per heavy atom. The molecule has 0 spiro atoms. The topological polar surface area (TPSA) is 44.8 Å². The van der Waals surface area contributed by atoms with Crippen molar-refractivity contribution in [1.82, 2.24) is 15.1 Å². The van der Waals surface area contributed by atoms with Gasteiger partial charge in [-0.15, -0.1) is 0 Å². The van der Waals surface area contributed by atoms with Crippen molar-refractivity contribution in [3.8, 4) is 0 Å². The Hall–Kier alpha value is -0.650. The van der Waals surface area contributed by atoms with Crippen LogP contribution in [0.5, 0.6) is 0 Å². The van der Waals surface area contributed by atoms with Gasteiger partial charge in [0.25, 0.3) is 0 Å². The molecular weight excluding hydrogens is 218 g/mol. The van der Waals surface area contributed by atoms with Crippen LogP contribution in [-0.2, 0) is 9.53 Å². The first-order valence-corrected chi connectivity index (χ1v) is 6.58. The molecule has 0 bridgehead atoms. The van der Waals surface area contributed by atoms with Crippen LogP contribution in [0.4, 0.5) is 0 Å². The Balaban J connectivity index is 1.87. The van der Waals surface area contributed by atoms with Crippen LogP contribution in [0.15, 0.2) is 0 Å². The van der Waals surface area contributed by atoms with E-state index in [4.69, 9.17) is 4.74 Å². The third-order valence-corrected chi connectivity index (χ3v) is 3.71. The number of ether oxygens (including phenoxy) is 1. The van der Waals surface area contributed by atoms with E-state index in [1.54, 1.807) is 0 Å². The van der Waals surface area contributed by atoms with E-state index >= 15 is 0 Å². The van der Waals surface area contributed by atoms with Gasteiger partial charge in [0.05, 0.1) is 12.7 Å². The minimum absolute atomic E-state index is 0.0135. The first kappa shape index (κ1) is 12.8. The average molecular weight is 241 g/mol. The Labute approximate surface area is 103 Å². The van der Waals surface area contributed by atoms with Gasteiger partial charge in [-0.3, -0.25) is 4.79 Å². The second-order valence-electron chi connectivity index (χ2n) is 4.77. The van der Waals surface area contributed by atoms with Gasteiger partial charge in [0.15, 0.2) is 0 Å². The van der Waals surface area contributed by atoms with Gasteiger partial charge in [-0.05, 0) is 13.5 Å². The third-order valence-electron chi connectivity index (χ3n) is 3.71. The maximum atomic E-state index is 12.3. The maximum absolute atomic E-state index is 12.3. The lowest BCUT2D eigenvalue weighted by Crippen LogP contribution is -2.59. The lowest BCUT2D eigenvalue weighted by molar-refractivity contribution is -0.141. The van der Waals surface area contributed by atoms with Gasteiger partial charge < -0.3 is 19.9 Å². The highest BCUT2D eigenvalue weighted by atomic mass is 16.5. The summed E-state index contributed by atoms with van der Waals surface area (Å²) in [6, 6.07) is -0.156. The van der Waals surface area contributed by atoms with E-state index in [1.165, 1.54) is 0 Å². The molecule has 2 atom stereocenters. The summed E-state index contributed by atoms with van der Waals surface area (Å²) in [4.78, 5) is 16.7. The standard InChI is InChI=1S/C12H23N3O2/c1-3-14-5-7-15(8-6-14)12(16)11-10(2)17-9-4-13-11/h10-11,13H,3-9H2,1-2H3/t10-,11+/m1/s1. The molecule has 5 nitrogen and oxygen atoms in total. The Bertz CT molecular complexity index is 264. The van der Waals surface area contributed by atoms with E-state index in [2.05, 4.69) is 17.1 Å². The number of carbonyl (C=O) groups excluding carboxylic acids is 1. The van der Waals surface area contributed by atoms with E-state index in [9.17, 15) is 4.79 Å². The molecule has 0 saturated carbocycles. The summed E-state index contributed by atoms with van der Waals surface area (Å²) in [5.41, 5.74) is 0. The van der Waals surface area contributed by atoms with Crippen molar-refractivity contribution in [3.63, 3.8) is 0 Å². The highest BCUT2D eigenvalue weighted by Gasteiger charge is 2.32. The molecule has 17 heavy (non-hydrogen) atoms. The fraction of sp³-hybridized carbons (Fsp3) is 0.917. The molecule has 0 aliphatic carbocycles. The van der Waals surface area contributed by atoms with Crippen molar-refractivity contribution in [2.24, 2.45) is 0 Å². The normalized spacial score (nSPS) is 31.5. The second kappa shape index (κ2) is 5.80. The molecule has 2 heterocycles. The lowest BCUT2D eigenvalue weighted by Gasteiger charge is -2.38. The number of likely N-dealkylation sites (N-methyl/N-ethyl adjacent to an activating group) is 1. The van der Waals surface area contributed by atoms with Crippen LogP contribution >= 0.6 is 0 Å². The van der Waals surface area contributed by atoms with E-state index in [1.807, 2.05) is 11.8 Å². The van der Waals surface area contributed by atoms with Crippen LogP contribution < -0.4 is 5.32 Å². The van der Waals surface area contributed by atoms with Crippen LogP contribution in [0.1, 0.15) is 13.8 Å². The summed E-state index contributed by atoms with van der Waals surface area (Å²) in [6.45, 7) is 10.4. The van der Waals surface area contributed by atoms with Crippen LogP contribution in [-0.4, -0.2) is 73.7 Å². The van der Waals surface area contributed by atoms with E-state index in [-0.39, 0.29) is 18.1 Å². The van der Waals surface area contributed by atoms with Gasteiger partial charge in [-0.1, -0.05) is 6.92 Å². The highest BCUT2D eigenvalue weighted by Crippen LogP contribution is 2.10. The van der Waals surface area contributed by atoms with Crippen LogP contribution in [0.25, 0.3) is 0 Å². The SMILES string of the molecule is CCN1CCN(C(=O)[C@H]2NCCO[C@@H]2C)CC1. The first-order valence-electron chi connectivity index (χ1n) is 6.58. The van der Waals surface area contributed by atoms with Crippen molar-refractivity contribution < 1.29 is 9.53 Å². The number of nitrogens with zero attached hydrogens (tertiary/aromatic N) is 2. The van der Waals surface area contributed by atoms with Gasteiger partial charge in [-0.2, -0.15) is 0 Å². The van der Waals surface area contributed by atoms with Crippen LogP contribution in [0.2, 0.25) is 0 Å². The fourth-order valence-electron chi connectivity index (χ4n) is 2.49. The molecule has 0 unspecified atom stereocenters. The van der Waals surface area contributed by atoms with Gasteiger partial charge in [0.1, 0.15) is 6.04 Å². The number of rotatable bonds is 2. The molecule has 1 N–H and O–H groups in total. The van der Waals surface area contributed by atoms with Crippen molar-refractivity contribution >= 4 is 5.91 Å². The number of hydrogen-bond donors (Lipinski definition) is 1. The zero-order chi connectivity index (χ0) is 12.3. The summed E-state index contributed by atoms with van der Waals surface area (Å²) in [6.07, 6.45) is -0.0135. The fourth-order valence-corrected chi connectivity index (χ4v) is 2.49. The van der Waals surface area contributed by atoms with Gasteiger partial charge in [0.2, 0.25) is 5.91 Å². The zero-order valence-corrected chi connectivity index (χ0v) is 10.8. The van der Waals surface area contributed by atoms with E-state index in [0.29, 0.717) is 6.61 Å². The number of hydrogen-bond acceptors (Lipinski definition) is 4. The van der Waals surface area contributed by atoms with Crippen molar-refractivity contribution in [2.45, 2.75) is 26.0 Å². The lowest BCUT2D eigenvalue weighted by atomic mass is 10.1. The van der Waals surface area contributed by atoms with Crippen molar-refractivity contribution in [2.75, 3.05) is 45.9 Å². The molecule has 0 radical (unpaired) electrons. The molecule has 2 aliphatic heterocycles. The number of morpholine rings is 1.